The van der Waals surface area contributed by atoms with Crippen LogP contribution >= 0.6 is 0 Å². The van der Waals surface area contributed by atoms with Gasteiger partial charge in [0.25, 0.3) is 0 Å². The molecule has 0 N–H and O–H groups in total. The van der Waals surface area contributed by atoms with Crippen molar-refractivity contribution in [3.8, 4) is 0 Å². The van der Waals surface area contributed by atoms with Gasteiger partial charge in [-0.15, -0.1) is 0 Å². The van der Waals surface area contributed by atoms with Crippen molar-refractivity contribution in [3.63, 3.8) is 0 Å². The molecule has 0 atom stereocenters. The largest absolute Gasteiger partial charge is 0.502 e. The maximum absolute atomic E-state index is 5.04. The van der Waals surface area contributed by atoms with Crippen LogP contribution in [-0.2, 0) is 4.74 Å². The molecule has 8 heavy (non-hydrogen) atoms. The van der Waals surface area contributed by atoms with Crippen LogP contribution in [0.2, 0.25) is 0 Å². The topological polar surface area (TPSA) is 9.23 Å². The zero-order valence-corrected chi connectivity index (χ0v) is 5.68. The Morgan fingerprint density at radius 3 is 2.62 bits per heavy atom. The number of hydrogen-bond donors (Lipinski definition) is 0. The van der Waals surface area contributed by atoms with E-state index >= 15 is 0 Å². The Balaban J connectivity index is 2.80. The van der Waals surface area contributed by atoms with E-state index in [2.05, 4.69) is 13.8 Å². The molecule has 0 spiro atoms. The van der Waals surface area contributed by atoms with Crippen LogP contribution in [0.3, 0.4) is 0 Å². The zero-order valence-electron chi connectivity index (χ0n) is 5.68. The molecule has 0 bridgehead atoms. The van der Waals surface area contributed by atoms with Gasteiger partial charge in [-0.2, -0.15) is 0 Å². The van der Waals surface area contributed by atoms with Crippen LogP contribution in [0.1, 0.15) is 26.7 Å². The van der Waals surface area contributed by atoms with Crippen LogP contribution in [0.5, 0.6) is 0 Å². The summed E-state index contributed by atoms with van der Waals surface area (Å²) in [4.78, 5) is 0. The summed E-state index contributed by atoms with van der Waals surface area (Å²) in [5.41, 5.74) is 0. The van der Waals surface area contributed by atoms with E-state index in [1.807, 2.05) is 6.08 Å². The third kappa shape index (κ3) is 5.54. The summed E-state index contributed by atoms with van der Waals surface area (Å²) >= 11 is 0. The fourth-order valence-electron chi connectivity index (χ4n) is 0.350. The lowest BCUT2D eigenvalue weighted by Gasteiger charge is -1.92. The average Bonchev–Trinajstić information content (AvgIpc) is 1.81. The Morgan fingerprint density at radius 1 is 1.38 bits per heavy atom. The van der Waals surface area contributed by atoms with Gasteiger partial charge in [0, 0.05) is 0 Å². The molecule has 0 fully saturated rings. The van der Waals surface area contributed by atoms with E-state index in [0.717, 1.165) is 19.4 Å². The second kappa shape index (κ2) is 6.54. The summed E-state index contributed by atoms with van der Waals surface area (Å²) in [5.74, 6) is 0. The third-order valence-corrected chi connectivity index (χ3v) is 0.750. The molecular weight excluding hydrogens is 100 g/mol. The van der Waals surface area contributed by atoms with E-state index in [1.54, 1.807) is 6.26 Å². The second-order valence-corrected chi connectivity index (χ2v) is 1.65. The molecule has 0 aliphatic carbocycles. The van der Waals surface area contributed by atoms with Gasteiger partial charge in [0.1, 0.15) is 0 Å². The molecular formula is C7H14O. The van der Waals surface area contributed by atoms with Crippen molar-refractivity contribution in [2.75, 3.05) is 6.61 Å². The van der Waals surface area contributed by atoms with Crippen LogP contribution in [-0.4, -0.2) is 6.61 Å². The predicted molar refractivity (Wildman–Crippen MR) is 35.7 cm³/mol. The minimum Gasteiger partial charge on any atom is -0.502 e. The predicted octanol–water partition coefficient (Wildman–Crippen LogP) is 2.34. The molecule has 0 aliphatic heterocycles. The standard InChI is InChI=1S/C7H14O/c1-3-5-7-8-6-4-2/h5,7H,3-4,6H2,1-2H3. The van der Waals surface area contributed by atoms with E-state index in [4.69, 9.17) is 4.74 Å². The van der Waals surface area contributed by atoms with Crippen molar-refractivity contribution in [3.05, 3.63) is 12.3 Å². The molecule has 1 nitrogen and oxygen atoms in total. The van der Waals surface area contributed by atoms with Crippen LogP contribution in [0.15, 0.2) is 12.3 Å². The minimum atomic E-state index is 0.844. The van der Waals surface area contributed by atoms with Gasteiger partial charge in [-0.1, -0.05) is 19.9 Å². The smallest absolute Gasteiger partial charge is 0.0870 e. The van der Waals surface area contributed by atoms with E-state index in [0.29, 0.717) is 0 Å². The molecule has 0 aromatic carbocycles. The van der Waals surface area contributed by atoms with Crippen molar-refractivity contribution >= 4 is 0 Å². The first-order chi connectivity index (χ1) is 3.91. The SMILES string of the molecule is CCC=COCCC. The van der Waals surface area contributed by atoms with Crippen molar-refractivity contribution < 1.29 is 4.74 Å². The molecule has 0 saturated carbocycles. The van der Waals surface area contributed by atoms with Gasteiger partial charge in [0.2, 0.25) is 0 Å². The normalized spacial score (nSPS) is 10.2. The highest BCUT2D eigenvalue weighted by molar-refractivity contribution is 4.69. The van der Waals surface area contributed by atoms with Crippen LogP contribution in [0.4, 0.5) is 0 Å². The number of hydrogen-bond acceptors (Lipinski definition) is 1. The van der Waals surface area contributed by atoms with Gasteiger partial charge in [-0.05, 0) is 12.8 Å². The zero-order chi connectivity index (χ0) is 6.24. The molecule has 0 radical (unpaired) electrons. The van der Waals surface area contributed by atoms with Crippen molar-refractivity contribution in [2.24, 2.45) is 0 Å². The molecule has 0 unspecified atom stereocenters. The summed E-state index contributed by atoms with van der Waals surface area (Å²) in [7, 11) is 0. The van der Waals surface area contributed by atoms with Gasteiger partial charge < -0.3 is 4.74 Å². The van der Waals surface area contributed by atoms with Crippen LogP contribution in [0.25, 0.3) is 0 Å². The van der Waals surface area contributed by atoms with Gasteiger partial charge in [-0.3, -0.25) is 0 Å². The first kappa shape index (κ1) is 7.54. The molecule has 48 valence electrons. The summed E-state index contributed by atoms with van der Waals surface area (Å²) in [6.45, 7) is 5.03. The average molecular weight is 114 g/mol. The summed E-state index contributed by atoms with van der Waals surface area (Å²) in [5, 5.41) is 0. The lowest BCUT2D eigenvalue weighted by Crippen LogP contribution is -1.81. The molecule has 0 amide bonds. The highest BCUT2D eigenvalue weighted by Crippen LogP contribution is 1.83. The molecule has 1 heteroatoms. The molecule has 0 aliphatic rings. The van der Waals surface area contributed by atoms with Crippen molar-refractivity contribution in [1.29, 1.82) is 0 Å². The maximum atomic E-state index is 5.04. The Morgan fingerprint density at radius 2 is 2.12 bits per heavy atom. The highest BCUT2D eigenvalue weighted by atomic mass is 16.5. The van der Waals surface area contributed by atoms with E-state index in [1.165, 1.54) is 0 Å². The molecule has 0 rings (SSSR count). The molecule has 0 heterocycles. The first-order valence-electron chi connectivity index (χ1n) is 3.18. The van der Waals surface area contributed by atoms with Gasteiger partial charge in [-0.25, -0.2) is 0 Å². The Hall–Kier alpha value is -0.460. The van der Waals surface area contributed by atoms with E-state index in [9.17, 15) is 0 Å². The highest BCUT2D eigenvalue weighted by Gasteiger charge is 1.72. The van der Waals surface area contributed by atoms with Crippen molar-refractivity contribution in [2.45, 2.75) is 26.7 Å². The maximum Gasteiger partial charge on any atom is 0.0870 e. The quantitative estimate of drug-likeness (QED) is 0.402. The molecule has 0 aromatic heterocycles. The summed E-state index contributed by atoms with van der Waals surface area (Å²) < 4.78 is 5.04. The number of allylic oxidation sites excluding steroid dienone is 1. The third-order valence-electron chi connectivity index (χ3n) is 0.750. The van der Waals surface area contributed by atoms with Crippen LogP contribution < -0.4 is 0 Å². The second-order valence-electron chi connectivity index (χ2n) is 1.65. The summed E-state index contributed by atoms with van der Waals surface area (Å²) in [6, 6.07) is 0. The fourth-order valence-corrected chi connectivity index (χ4v) is 0.350. The number of rotatable bonds is 4. The lowest BCUT2D eigenvalue weighted by atomic mass is 10.5. The van der Waals surface area contributed by atoms with Gasteiger partial charge >= 0.3 is 0 Å². The van der Waals surface area contributed by atoms with Gasteiger partial charge in [0.05, 0.1) is 12.9 Å². The number of ether oxygens (including phenoxy) is 1. The van der Waals surface area contributed by atoms with Gasteiger partial charge in [0.15, 0.2) is 0 Å². The minimum absolute atomic E-state index is 0.844. The lowest BCUT2D eigenvalue weighted by molar-refractivity contribution is 0.249. The molecule has 0 aromatic rings. The first-order valence-corrected chi connectivity index (χ1v) is 3.18. The monoisotopic (exact) mass is 114 g/mol. The van der Waals surface area contributed by atoms with E-state index < -0.39 is 0 Å². The Labute approximate surface area is 51.4 Å². The van der Waals surface area contributed by atoms with Crippen LogP contribution in [0, 0.1) is 0 Å². The Kier molecular flexibility index (Phi) is 6.16. The van der Waals surface area contributed by atoms with E-state index in [-0.39, 0.29) is 0 Å². The van der Waals surface area contributed by atoms with Crippen molar-refractivity contribution in [1.82, 2.24) is 0 Å². The molecule has 0 saturated heterocycles. The Bertz CT molecular complexity index is 57.4. The fraction of sp³-hybridized carbons (Fsp3) is 0.714. The summed E-state index contributed by atoms with van der Waals surface area (Å²) in [6.07, 6.45) is 5.93.